The molecule has 0 aliphatic heterocycles. The van der Waals surface area contributed by atoms with Crippen LogP contribution in [-0.4, -0.2) is 23.3 Å². The van der Waals surface area contributed by atoms with Crippen LogP contribution in [0.1, 0.15) is 65.7 Å². The van der Waals surface area contributed by atoms with Crippen molar-refractivity contribution in [1.29, 1.82) is 0 Å². The van der Waals surface area contributed by atoms with Gasteiger partial charge >= 0.3 is 0 Å². The van der Waals surface area contributed by atoms with Gasteiger partial charge in [-0.1, -0.05) is 52.0 Å². The Morgan fingerprint density at radius 2 is 1.58 bits per heavy atom. The fourth-order valence-corrected chi connectivity index (χ4v) is 2.59. The van der Waals surface area contributed by atoms with Crippen molar-refractivity contribution in [3.05, 3.63) is 58.9 Å². The summed E-state index contributed by atoms with van der Waals surface area (Å²) in [6, 6.07) is 10.9. The molecule has 0 aliphatic rings. The van der Waals surface area contributed by atoms with Gasteiger partial charge in [0.1, 0.15) is 11.4 Å². The summed E-state index contributed by atoms with van der Waals surface area (Å²) >= 11 is 0. The first-order chi connectivity index (χ1) is 12.3. The third-order valence-corrected chi connectivity index (χ3v) is 4.05. The molecule has 1 heterocycles. The molecule has 0 saturated heterocycles. The molecule has 2 rings (SSSR count). The SMILES string of the molecule is Cc1cccc(C(C)C)c1NC(=O)c1cccc(C(=O)NCC(C)C)n1. The fraction of sp³-hybridized carbons (Fsp3) is 0.381. The van der Waals surface area contributed by atoms with Crippen LogP contribution in [-0.2, 0) is 0 Å². The molecule has 0 fully saturated rings. The summed E-state index contributed by atoms with van der Waals surface area (Å²) in [5.41, 5.74) is 3.34. The number of aromatic nitrogens is 1. The van der Waals surface area contributed by atoms with E-state index < -0.39 is 0 Å². The third-order valence-electron chi connectivity index (χ3n) is 4.05. The van der Waals surface area contributed by atoms with Crippen LogP contribution in [0.2, 0.25) is 0 Å². The van der Waals surface area contributed by atoms with Gasteiger partial charge in [0.2, 0.25) is 0 Å². The highest BCUT2D eigenvalue weighted by Crippen LogP contribution is 2.27. The molecule has 0 spiro atoms. The van der Waals surface area contributed by atoms with Crippen molar-refractivity contribution in [2.75, 3.05) is 11.9 Å². The number of hydrogen-bond donors (Lipinski definition) is 2. The Kier molecular flexibility index (Phi) is 6.50. The summed E-state index contributed by atoms with van der Waals surface area (Å²) in [6.45, 7) is 10.7. The zero-order chi connectivity index (χ0) is 19.3. The van der Waals surface area contributed by atoms with Crippen LogP contribution in [0, 0.1) is 12.8 Å². The molecule has 26 heavy (non-hydrogen) atoms. The molecule has 0 aliphatic carbocycles. The fourth-order valence-electron chi connectivity index (χ4n) is 2.59. The zero-order valence-electron chi connectivity index (χ0n) is 16.1. The smallest absolute Gasteiger partial charge is 0.274 e. The number of pyridine rings is 1. The van der Waals surface area contributed by atoms with E-state index in [4.69, 9.17) is 0 Å². The first kappa shape index (κ1) is 19.6. The molecule has 1 aromatic carbocycles. The van der Waals surface area contributed by atoms with E-state index in [1.165, 1.54) is 0 Å². The van der Waals surface area contributed by atoms with Crippen LogP contribution in [0.5, 0.6) is 0 Å². The summed E-state index contributed by atoms with van der Waals surface area (Å²) in [5.74, 6) is 0.0408. The number of carbonyl (C=O) groups excluding carboxylic acids is 2. The van der Waals surface area contributed by atoms with Gasteiger partial charge in [-0.05, 0) is 42.0 Å². The van der Waals surface area contributed by atoms with Crippen molar-refractivity contribution in [3.8, 4) is 0 Å². The maximum Gasteiger partial charge on any atom is 0.274 e. The van der Waals surface area contributed by atoms with Crippen LogP contribution in [0.3, 0.4) is 0 Å². The van der Waals surface area contributed by atoms with Gasteiger partial charge < -0.3 is 10.6 Å². The minimum Gasteiger partial charge on any atom is -0.350 e. The maximum atomic E-state index is 12.7. The summed E-state index contributed by atoms with van der Waals surface area (Å²) < 4.78 is 0. The number of benzene rings is 1. The zero-order valence-corrected chi connectivity index (χ0v) is 16.1. The molecule has 5 nitrogen and oxygen atoms in total. The highest BCUT2D eigenvalue weighted by Gasteiger charge is 2.16. The number of carbonyl (C=O) groups is 2. The first-order valence-electron chi connectivity index (χ1n) is 8.95. The molecule has 0 bridgehead atoms. The van der Waals surface area contributed by atoms with E-state index in [1.807, 2.05) is 39.0 Å². The Bertz CT molecular complexity index is 798. The Labute approximate surface area is 155 Å². The minimum absolute atomic E-state index is 0.222. The lowest BCUT2D eigenvalue weighted by Gasteiger charge is -2.16. The number of rotatable bonds is 6. The number of anilines is 1. The summed E-state index contributed by atoms with van der Waals surface area (Å²) in [7, 11) is 0. The second-order valence-electron chi connectivity index (χ2n) is 7.16. The molecular weight excluding hydrogens is 326 g/mol. The number of aryl methyl sites for hydroxylation is 1. The van der Waals surface area contributed by atoms with E-state index in [2.05, 4.69) is 29.5 Å². The largest absolute Gasteiger partial charge is 0.350 e. The summed E-state index contributed by atoms with van der Waals surface area (Å²) in [5, 5.41) is 5.77. The Morgan fingerprint density at radius 1 is 0.962 bits per heavy atom. The van der Waals surface area contributed by atoms with E-state index in [0.717, 1.165) is 16.8 Å². The molecular formula is C21H27N3O2. The van der Waals surface area contributed by atoms with Gasteiger partial charge in [0.25, 0.3) is 11.8 Å². The van der Waals surface area contributed by atoms with Gasteiger partial charge in [-0.3, -0.25) is 9.59 Å². The Morgan fingerprint density at radius 3 is 2.19 bits per heavy atom. The van der Waals surface area contributed by atoms with E-state index in [1.54, 1.807) is 18.2 Å². The molecule has 2 aromatic rings. The van der Waals surface area contributed by atoms with Crippen LogP contribution in [0.15, 0.2) is 36.4 Å². The summed E-state index contributed by atoms with van der Waals surface area (Å²) in [4.78, 5) is 29.1. The summed E-state index contributed by atoms with van der Waals surface area (Å²) in [6.07, 6.45) is 0. The molecule has 0 saturated carbocycles. The first-order valence-corrected chi connectivity index (χ1v) is 8.95. The van der Waals surface area contributed by atoms with Gasteiger partial charge in [-0.15, -0.1) is 0 Å². The van der Waals surface area contributed by atoms with Crippen molar-refractivity contribution in [3.63, 3.8) is 0 Å². The molecule has 0 atom stereocenters. The molecule has 5 heteroatoms. The average Bonchev–Trinajstić information content (AvgIpc) is 2.61. The average molecular weight is 353 g/mol. The Hall–Kier alpha value is -2.69. The van der Waals surface area contributed by atoms with Crippen molar-refractivity contribution in [2.45, 2.75) is 40.5 Å². The second kappa shape index (κ2) is 8.61. The van der Waals surface area contributed by atoms with E-state index in [-0.39, 0.29) is 29.1 Å². The van der Waals surface area contributed by atoms with Crippen LogP contribution in [0.4, 0.5) is 5.69 Å². The molecule has 0 radical (unpaired) electrons. The highest BCUT2D eigenvalue weighted by atomic mass is 16.2. The molecule has 2 N–H and O–H groups in total. The van der Waals surface area contributed by atoms with E-state index in [9.17, 15) is 9.59 Å². The van der Waals surface area contributed by atoms with Gasteiger partial charge in [-0.2, -0.15) is 0 Å². The quantitative estimate of drug-likeness (QED) is 0.819. The topological polar surface area (TPSA) is 71.1 Å². The normalized spacial score (nSPS) is 10.9. The van der Waals surface area contributed by atoms with E-state index in [0.29, 0.717) is 12.5 Å². The molecule has 138 valence electrons. The number of nitrogens with one attached hydrogen (secondary N) is 2. The van der Waals surface area contributed by atoms with E-state index >= 15 is 0 Å². The predicted molar refractivity (Wildman–Crippen MR) is 105 cm³/mol. The van der Waals surface area contributed by atoms with Crippen molar-refractivity contribution in [1.82, 2.24) is 10.3 Å². The molecule has 1 aromatic heterocycles. The van der Waals surface area contributed by atoms with Crippen LogP contribution in [0.25, 0.3) is 0 Å². The maximum absolute atomic E-state index is 12.7. The number of hydrogen-bond acceptors (Lipinski definition) is 3. The lowest BCUT2D eigenvalue weighted by molar-refractivity contribution is 0.0944. The lowest BCUT2D eigenvalue weighted by Crippen LogP contribution is -2.28. The van der Waals surface area contributed by atoms with Crippen LogP contribution < -0.4 is 10.6 Å². The van der Waals surface area contributed by atoms with Gasteiger partial charge in [-0.25, -0.2) is 4.98 Å². The second-order valence-corrected chi connectivity index (χ2v) is 7.16. The minimum atomic E-state index is -0.320. The molecule has 0 unspecified atom stereocenters. The Balaban J connectivity index is 2.21. The standard InChI is InChI=1S/C21H27N3O2/c1-13(2)12-22-20(25)17-10-7-11-18(23-17)21(26)24-19-15(5)8-6-9-16(19)14(3)4/h6-11,13-14H,12H2,1-5H3,(H,22,25)(H,24,26). The van der Waals surface area contributed by atoms with Gasteiger partial charge in [0.15, 0.2) is 0 Å². The molecule has 2 amide bonds. The van der Waals surface area contributed by atoms with Crippen molar-refractivity contribution in [2.24, 2.45) is 5.92 Å². The van der Waals surface area contributed by atoms with Crippen LogP contribution >= 0.6 is 0 Å². The number of amides is 2. The van der Waals surface area contributed by atoms with Crippen molar-refractivity contribution < 1.29 is 9.59 Å². The number of para-hydroxylation sites is 1. The predicted octanol–water partition coefficient (Wildman–Crippen LogP) is 4.15. The van der Waals surface area contributed by atoms with Gasteiger partial charge in [0, 0.05) is 12.2 Å². The van der Waals surface area contributed by atoms with Gasteiger partial charge in [0.05, 0.1) is 0 Å². The van der Waals surface area contributed by atoms with Crippen molar-refractivity contribution >= 4 is 17.5 Å². The number of nitrogens with zero attached hydrogens (tertiary/aromatic N) is 1. The highest BCUT2D eigenvalue weighted by molar-refractivity contribution is 6.04. The third kappa shape index (κ3) is 4.91. The monoisotopic (exact) mass is 353 g/mol. The lowest BCUT2D eigenvalue weighted by atomic mass is 9.98.